The first kappa shape index (κ1) is 16.2. The Kier molecular flexibility index (Phi) is 5.26. The summed E-state index contributed by atoms with van der Waals surface area (Å²) in [4.78, 5) is 26.6. The van der Waals surface area contributed by atoms with Crippen LogP contribution < -0.4 is 0 Å². The van der Waals surface area contributed by atoms with Crippen molar-refractivity contribution < 1.29 is 14.3 Å². The molecular formula is C20H21NO3. The van der Waals surface area contributed by atoms with Gasteiger partial charge in [-0.25, -0.2) is 0 Å². The second-order valence-electron chi connectivity index (χ2n) is 6.05. The van der Waals surface area contributed by atoms with Gasteiger partial charge in [-0.3, -0.25) is 9.59 Å². The van der Waals surface area contributed by atoms with Crippen molar-refractivity contribution in [3.05, 3.63) is 71.8 Å². The fourth-order valence-corrected chi connectivity index (χ4v) is 2.96. The smallest absolute Gasteiger partial charge is 0.311 e. The van der Waals surface area contributed by atoms with Gasteiger partial charge in [-0.1, -0.05) is 48.5 Å². The summed E-state index contributed by atoms with van der Waals surface area (Å²) in [5, 5.41) is 0. The molecule has 3 rings (SSSR count). The van der Waals surface area contributed by atoms with Gasteiger partial charge < -0.3 is 9.64 Å². The summed E-state index contributed by atoms with van der Waals surface area (Å²) >= 11 is 0. The van der Waals surface area contributed by atoms with Crippen molar-refractivity contribution in [2.24, 2.45) is 5.92 Å². The van der Waals surface area contributed by atoms with E-state index in [-0.39, 0.29) is 24.4 Å². The lowest BCUT2D eigenvalue weighted by atomic mass is 9.97. The average Bonchev–Trinajstić information content (AvgIpc) is 2.67. The minimum absolute atomic E-state index is 0.0174. The molecule has 2 aromatic carbocycles. The van der Waals surface area contributed by atoms with Crippen molar-refractivity contribution in [1.29, 1.82) is 0 Å². The number of esters is 1. The van der Waals surface area contributed by atoms with E-state index in [1.54, 1.807) is 17.0 Å². The Bertz CT molecular complexity index is 685. The summed E-state index contributed by atoms with van der Waals surface area (Å²) in [5.74, 6) is -0.476. The maximum absolute atomic E-state index is 12.5. The molecule has 0 spiro atoms. The Labute approximate surface area is 142 Å². The highest BCUT2D eigenvalue weighted by Gasteiger charge is 2.29. The standard InChI is InChI=1S/C20H21NO3/c22-19(17-10-5-2-6-11-17)21-13-7-12-18(14-21)20(23)24-15-16-8-3-1-4-9-16/h1-6,8-11,18H,7,12-15H2. The quantitative estimate of drug-likeness (QED) is 0.811. The van der Waals surface area contributed by atoms with Gasteiger partial charge in [0, 0.05) is 18.7 Å². The number of likely N-dealkylation sites (tertiary alicyclic amines) is 1. The predicted octanol–water partition coefficient (Wildman–Crippen LogP) is 3.28. The van der Waals surface area contributed by atoms with Crippen molar-refractivity contribution in [1.82, 2.24) is 4.90 Å². The summed E-state index contributed by atoms with van der Waals surface area (Å²) in [6.45, 7) is 1.40. The molecule has 124 valence electrons. The fourth-order valence-electron chi connectivity index (χ4n) is 2.96. The Morgan fingerprint density at radius 3 is 2.38 bits per heavy atom. The Hall–Kier alpha value is -2.62. The predicted molar refractivity (Wildman–Crippen MR) is 91.3 cm³/mol. The van der Waals surface area contributed by atoms with Gasteiger partial charge >= 0.3 is 5.97 Å². The number of rotatable bonds is 4. The number of ether oxygens (including phenoxy) is 1. The summed E-state index contributed by atoms with van der Waals surface area (Å²) in [5.41, 5.74) is 1.63. The Morgan fingerprint density at radius 2 is 1.67 bits per heavy atom. The van der Waals surface area contributed by atoms with Crippen LogP contribution in [0, 0.1) is 5.92 Å². The SMILES string of the molecule is O=C(OCc1ccccc1)C1CCCN(C(=O)c2ccccc2)C1. The molecule has 24 heavy (non-hydrogen) atoms. The molecule has 1 aliphatic rings. The second-order valence-corrected chi connectivity index (χ2v) is 6.05. The molecular weight excluding hydrogens is 302 g/mol. The van der Waals surface area contributed by atoms with Crippen molar-refractivity contribution in [3.63, 3.8) is 0 Å². The molecule has 1 unspecified atom stereocenters. The van der Waals surface area contributed by atoms with E-state index < -0.39 is 0 Å². The third-order valence-corrected chi connectivity index (χ3v) is 4.29. The third kappa shape index (κ3) is 4.02. The number of amides is 1. The highest BCUT2D eigenvalue weighted by Crippen LogP contribution is 2.20. The van der Waals surface area contributed by atoms with E-state index in [4.69, 9.17) is 4.74 Å². The minimum Gasteiger partial charge on any atom is -0.461 e. The van der Waals surface area contributed by atoms with Gasteiger partial charge in [-0.2, -0.15) is 0 Å². The zero-order valence-electron chi connectivity index (χ0n) is 13.6. The largest absolute Gasteiger partial charge is 0.461 e. The molecule has 0 aliphatic carbocycles. The highest BCUT2D eigenvalue weighted by molar-refractivity contribution is 5.94. The Balaban J connectivity index is 1.57. The summed E-state index contributed by atoms with van der Waals surface area (Å²) < 4.78 is 5.42. The topological polar surface area (TPSA) is 46.6 Å². The van der Waals surface area contributed by atoms with Gasteiger partial charge in [0.05, 0.1) is 5.92 Å². The normalized spacial score (nSPS) is 17.3. The first-order valence-electron chi connectivity index (χ1n) is 8.29. The van der Waals surface area contributed by atoms with Gasteiger partial charge in [0.1, 0.15) is 6.61 Å². The van der Waals surface area contributed by atoms with Crippen LogP contribution in [0.4, 0.5) is 0 Å². The maximum Gasteiger partial charge on any atom is 0.311 e. The van der Waals surface area contributed by atoms with E-state index >= 15 is 0 Å². The number of nitrogens with zero attached hydrogens (tertiary/aromatic N) is 1. The summed E-state index contributed by atoms with van der Waals surface area (Å²) in [6.07, 6.45) is 1.59. The van der Waals surface area contributed by atoms with Crippen LogP contribution >= 0.6 is 0 Å². The van der Waals surface area contributed by atoms with E-state index in [2.05, 4.69) is 0 Å². The lowest BCUT2D eigenvalue weighted by Gasteiger charge is -2.31. The van der Waals surface area contributed by atoms with E-state index in [1.807, 2.05) is 48.5 Å². The van der Waals surface area contributed by atoms with Crippen LogP contribution in [0.1, 0.15) is 28.8 Å². The van der Waals surface area contributed by atoms with Gasteiger partial charge in [0.15, 0.2) is 0 Å². The van der Waals surface area contributed by atoms with Crippen LogP contribution in [-0.4, -0.2) is 29.9 Å². The van der Waals surface area contributed by atoms with Crippen molar-refractivity contribution >= 4 is 11.9 Å². The molecule has 1 fully saturated rings. The van der Waals surface area contributed by atoms with E-state index in [0.29, 0.717) is 18.7 Å². The molecule has 4 heteroatoms. The van der Waals surface area contributed by atoms with Crippen molar-refractivity contribution in [2.45, 2.75) is 19.4 Å². The van der Waals surface area contributed by atoms with Gasteiger partial charge in [-0.05, 0) is 30.5 Å². The van der Waals surface area contributed by atoms with Crippen LogP contribution in [0.25, 0.3) is 0 Å². The molecule has 0 N–H and O–H groups in total. The highest BCUT2D eigenvalue weighted by atomic mass is 16.5. The lowest BCUT2D eigenvalue weighted by molar-refractivity contribution is -0.151. The third-order valence-electron chi connectivity index (χ3n) is 4.29. The molecule has 1 heterocycles. The monoisotopic (exact) mass is 323 g/mol. The molecule has 1 atom stereocenters. The van der Waals surface area contributed by atoms with Gasteiger partial charge in [0.2, 0.25) is 0 Å². The number of hydrogen-bond donors (Lipinski definition) is 0. The molecule has 1 aliphatic heterocycles. The Morgan fingerprint density at radius 1 is 1.00 bits per heavy atom. The summed E-state index contributed by atoms with van der Waals surface area (Å²) in [6, 6.07) is 18.8. The van der Waals surface area contributed by atoms with Crippen LogP contribution in [0.2, 0.25) is 0 Å². The van der Waals surface area contributed by atoms with Crippen LogP contribution in [0.5, 0.6) is 0 Å². The van der Waals surface area contributed by atoms with E-state index in [1.165, 1.54) is 0 Å². The minimum atomic E-state index is -0.241. The van der Waals surface area contributed by atoms with Crippen molar-refractivity contribution in [3.8, 4) is 0 Å². The number of benzene rings is 2. The molecule has 0 radical (unpaired) electrons. The number of carbonyl (C=O) groups excluding carboxylic acids is 2. The van der Waals surface area contributed by atoms with Crippen LogP contribution in [0.3, 0.4) is 0 Å². The molecule has 0 bridgehead atoms. The van der Waals surface area contributed by atoms with E-state index in [0.717, 1.165) is 18.4 Å². The lowest BCUT2D eigenvalue weighted by Crippen LogP contribution is -2.42. The molecule has 2 aromatic rings. The fraction of sp³-hybridized carbons (Fsp3) is 0.300. The van der Waals surface area contributed by atoms with E-state index in [9.17, 15) is 9.59 Å². The number of carbonyl (C=O) groups is 2. The summed E-state index contributed by atoms with van der Waals surface area (Å²) in [7, 11) is 0. The zero-order valence-corrected chi connectivity index (χ0v) is 13.6. The van der Waals surface area contributed by atoms with Crippen LogP contribution in [0.15, 0.2) is 60.7 Å². The molecule has 0 aromatic heterocycles. The van der Waals surface area contributed by atoms with Gasteiger partial charge in [-0.15, -0.1) is 0 Å². The molecule has 1 saturated heterocycles. The first-order chi connectivity index (χ1) is 11.7. The first-order valence-corrected chi connectivity index (χ1v) is 8.29. The number of piperidine rings is 1. The molecule has 0 saturated carbocycles. The number of hydrogen-bond acceptors (Lipinski definition) is 3. The molecule has 1 amide bonds. The van der Waals surface area contributed by atoms with Crippen LogP contribution in [-0.2, 0) is 16.1 Å². The van der Waals surface area contributed by atoms with Gasteiger partial charge in [0.25, 0.3) is 5.91 Å². The second kappa shape index (κ2) is 7.77. The average molecular weight is 323 g/mol. The maximum atomic E-state index is 12.5. The molecule has 4 nitrogen and oxygen atoms in total. The van der Waals surface area contributed by atoms with Crippen molar-refractivity contribution in [2.75, 3.05) is 13.1 Å². The zero-order chi connectivity index (χ0) is 16.8.